The largest absolute Gasteiger partial charge is 0.507 e. The van der Waals surface area contributed by atoms with Crippen molar-refractivity contribution < 1.29 is 24.2 Å². The molecular formula is C26H30N2O5. The minimum absolute atomic E-state index is 0.0651. The first-order valence-electron chi connectivity index (χ1n) is 11.3. The molecule has 1 fully saturated rings. The average molecular weight is 451 g/mol. The maximum atomic E-state index is 13.2. The molecule has 1 saturated heterocycles. The second-order valence-corrected chi connectivity index (χ2v) is 8.76. The number of hydrogen-bond acceptors (Lipinski definition) is 6. The zero-order valence-corrected chi connectivity index (χ0v) is 19.5. The number of amides is 1. The first kappa shape index (κ1) is 22.9. The smallest absolute Gasteiger partial charge is 0.295 e. The van der Waals surface area contributed by atoms with Crippen LogP contribution in [0.4, 0.5) is 0 Å². The van der Waals surface area contributed by atoms with E-state index in [1.165, 1.54) is 4.90 Å². The lowest BCUT2D eigenvalue weighted by Crippen LogP contribution is -2.35. The number of carbonyl (C=O) groups excluding carboxylic acids is 2. The predicted molar refractivity (Wildman–Crippen MR) is 125 cm³/mol. The van der Waals surface area contributed by atoms with E-state index in [0.29, 0.717) is 31.0 Å². The fourth-order valence-electron chi connectivity index (χ4n) is 4.43. The number of fused-ring (bicyclic) bond motifs is 1. The van der Waals surface area contributed by atoms with Gasteiger partial charge in [0.15, 0.2) is 0 Å². The van der Waals surface area contributed by atoms with E-state index in [2.05, 4.69) is 0 Å². The Balaban J connectivity index is 1.82. The molecule has 0 aromatic heterocycles. The number of rotatable bonds is 7. The number of aliphatic hydroxyl groups excluding tert-OH is 1. The van der Waals surface area contributed by atoms with E-state index in [-0.39, 0.29) is 17.4 Å². The molecule has 7 heteroatoms. The van der Waals surface area contributed by atoms with E-state index >= 15 is 0 Å². The first-order chi connectivity index (χ1) is 15.8. The van der Waals surface area contributed by atoms with E-state index in [0.717, 1.165) is 23.3 Å². The molecule has 0 aliphatic carbocycles. The molecule has 0 bridgehead atoms. The van der Waals surface area contributed by atoms with E-state index in [1.54, 1.807) is 12.1 Å². The molecule has 0 saturated carbocycles. The molecule has 2 aliphatic heterocycles. The fraction of sp³-hybridized carbons (Fsp3) is 0.385. The number of hydrogen-bond donors (Lipinski definition) is 1. The highest BCUT2D eigenvalue weighted by Crippen LogP contribution is 2.41. The van der Waals surface area contributed by atoms with Crippen molar-refractivity contribution >= 4 is 17.4 Å². The molecule has 33 heavy (non-hydrogen) atoms. The number of carbonyl (C=O) groups is 2. The van der Waals surface area contributed by atoms with Gasteiger partial charge in [-0.1, -0.05) is 12.1 Å². The highest BCUT2D eigenvalue weighted by Gasteiger charge is 2.46. The number of ether oxygens (including phenoxy) is 2. The number of likely N-dealkylation sites (tertiary alicyclic amines) is 1. The van der Waals surface area contributed by atoms with Crippen LogP contribution in [0.15, 0.2) is 48.0 Å². The van der Waals surface area contributed by atoms with Gasteiger partial charge in [0, 0.05) is 25.1 Å². The lowest BCUT2D eigenvalue weighted by molar-refractivity contribution is -0.140. The summed E-state index contributed by atoms with van der Waals surface area (Å²) in [6.07, 6.45) is 0.795. The lowest BCUT2D eigenvalue weighted by Gasteiger charge is -2.27. The lowest BCUT2D eigenvalue weighted by atomic mass is 9.94. The SMILES string of the molecule is CCOc1cccc([C@@H]2C(=C(O)c3ccc4c(c3)C[C@@H](C)O4)C(=O)C(=O)N2CCN(C)C)c1. The van der Waals surface area contributed by atoms with Crippen LogP contribution >= 0.6 is 0 Å². The second kappa shape index (κ2) is 9.27. The Morgan fingerprint density at radius 1 is 1.21 bits per heavy atom. The number of Topliss-reactive ketones (excluding diaryl/α,β-unsaturated/α-hetero) is 1. The first-order valence-corrected chi connectivity index (χ1v) is 11.3. The van der Waals surface area contributed by atoms with Gasteiger partial charge in [-0.05, 0) is 69.4 Å². The molecular weight excluding hydrogens is 420 g/mol. The van der Waals surface area contributed by atoms with Gasteiger partial charge >= 0.3 is 0 Å². The summed E-state index contributed by atoms with van der Waals surface area (Å²) in [5, 5.41) is 11.3. The third-order valence-electron chi connectivity index (χ3n) is 5.98. The van der Waals surface area contributed by atoms with Gasteiger partial charge in [-0.2, -0.15) is 0 Å². The zero-order chi connectivity index (χ0) is 23.7. The number of aliphatic hydroxyl groups is 1. The molecule has 2 aromatic carbocycles. The summed E-state index contributed by atoms with van der Waals surface area (Å²) in [6, 6.07) is 12.0. The van der Waals surface area contributed by atoms with Gasteiger partial charge < -0.3 is 24.4 Å². The molecule has 2 aromatic rings. The highest BCUT2D eigenvalue weighted by atomic mass is 16.5. The monoisotopic (exact) mass is 450 g/mol. The third-order valence-corrected chi connectivity index (χ3v) is 5.98. The van der Waals surface area contributed by atoms with E-state index < -0.39 is 17.7 Å². The summed E-state index contributed by atoms with van der Waals surface area (Å²) < 4.78 is 11.4. The molecule has 1 N–H and O–H groups in total. The quantitative estimate of drug-likeness (QED) is 0.396. The van der Waals surface area contributed by atoms with Crippen molar-refractivity contribution in [1.29, 1.82) is 0 Å². The van der Waals surface area contributed by atoms with Gasteiger partial charge in [0.2, 0.25) is 0 Å². The zero-order valence-electron chi connectivity index (χ0n) is 19.5. The molecule has 0 radical (unpaired) electrons. The maximum Gasteiger partial charge on any atom is 0.295 e. The summed E-state index contributed by atoms with van der Waals surface area (Å²) in [7, 11) is 3.82. The number of ketones is 1. The van der Waals surface area contributed by atoms with Gasteiger partial charge in [0.05, 0.1) is 18.2 Å². The van der Waals surface area contributed by atoms with Crippen molar-refractivity contribution in [1.82, 2.24) is 9.80 Å². The van der Waals surface area contributed by atoms with Crippen LogP contribution in [-0.4, -0.2) is 66.5 Å². The molecule has 0 unspecified atom stereocenters. The van der Waals surface area contributed by atoms with Crippen LogP contribution in [0.1, 0.15) is 36.6 Å². The Labute approximate surface area is 194 Å². The fourth-order valence-corrected chi connectivity index (χ4v) is 4.43. The summed E-state index contributed by atoms with van der Waals surface area (Å²) in [4.78, 5) is 29.7. The van der Waals surface area contributed by atoms with Gasteiger partial charge in [0.1, 0.15) is 23.4 Å². The van der Waals surface area contributed by atoms with Crippen molar-refractivity contribution in [2.45, 2.75) is 32.4 Å². The topological polar surface area (TPSA) is 79.3 Å². The highest BCUT2D eigenvalue weighted by molar-refractivity contribution is 6.46. The van der Waals surface area contributed by atoms with E-state index in [9.17, 15) is 14.7 Å². The molecule has 0 spiro atoms. The number of likely N-dealkylation sites (N-methyl/N-ethyl adjacent to an activating group) is 1. The number of nitrogens with zero attached hydrogens (tertiary/aromatic N) is 2. The minimum Gasteiger partial charge on any atom is -0.507 e. The van der Waals surface area contributed by atoms with Gasteiger partial charge in [0.25, 0.3) is 11.7 Å². The van der Waals surface area contributed by atoms with Crippen molar-refractivity contribution in [3.05, 3.63) is 64.7 Å². The Morgan fingerprint density at radius 2 is 2.00 bits per heavy atom. The van der Waals surface area contributed by atoms with Crippen molar-refractivity contribution in [3.63, 3.8) is 0 Å². The van der Waals surface area contributed by atoms with E-state index in [4.69, 9.17) is 9.47 Å². The average Bonchev–Trinajstić information content (AvgIpc) is 3.28. The molecule has 174 valence electrons. The normalized spacial score (nSPS) is 21.4. The van der Waals surface area contributed by atoms with E-state index in [1.807, 2.05) is 63.2 Å². The Bertz CT molecular complexity index is 1110. The summed E-state index contributed by atoms with van der Waals surface area (Å²) in [5.41, 5.74) is 2.30. The summed E-state index contributed by atoms with van der Waals surface area (Å²) in [5.74, 6) is -0.0234. The molecule has 4 rings (SSSR count). The van der Waals surface area contributed by atoms with Crippen LogP contribution < -0.4 is 9.47 Å². The van der Waals surface area contributed by atoms with Crippen LogP contribution in [0, 0.1) is 0 Å². The van der Waals surface area contributed by atoms with Gasteiger partial charge in [-0.15, -0.1) is 0 Å². The maximum absolute atomic E-state index is 13.2. The molecule has 2 aliphatic rings. The van der Waals surface area contributed by atoms with Gasteiger partial charge in [-0.25, -0.2) is 0 Å². The molecule has 2 atom stereocenters. The second-order valence-electron chi connectivity index (χ2n) is 8.76. The summed E-state index contributed by atoms with van der Waals surface area (Å²) in [6.45, 7) is 5.32. The van der Waals surface area contributed by atoms with Crippen molar-refractivity contribution in [3.8, 4) is 11.5 Å². The third kappa shape index (κ3) is 4.46. The summed E-state index contributed by atoms with van der Waals surface area (Å²) >= 11 is 0. The predicted octanol–water partition coefficient (Wildman–Crippen LogP) is 3.39. The van der Waals surface area contributed by atoms with Crippen LogP contribution in [0.3, 0.4) is 0 Å². The Hall–Kier alpha value is -3.32. The number of benzene rings is 2. The Morgan fingerprint density at radius 3 is 2.73 bits per heavy atom. The van der Waals surface area contributed by atoms with Crippen molar-refractivity contribution in [2.24, 2.45) is 0 Å². The van der Waals surface area contributed by atoms with Crippen LogP contribution in [0.5, 0.6) is 11.5 Å². The Kier molecular flexibility index (Phi) is 6.42. The minimum atomic E-state index is -0.700. The molecule has 1 amide bonds. The van der Waals surface area contributed by atoms with Crippen LogP contribution in [0.2, 0.25) is 0 Å². The van der Waals surface area contributed by atoms with Crippen molar-refractivity contribution in [2.75, 3.05) is 33.8 Å². The van der Waals surface area contributed by atoms with Crippen LogP contribution in [-0.2, 0) is 16.0 Å². The van der Waals surface area contributed by atoms with Gasteiger partial charge in [-0.3, -0.25) is 9.59 Å². The standard InChI is InChI=1S/C26H30N2O5/c1-5-32-20-8-6-7-17(15-20)23-22(25(30)26(31)28(23)12-11-27(3)4)24(29)18-9-10-21-19(14-18)13-16(2)33-21/h6-10,14-16,23,29H,5,11-13H2,1-4H3/t16-,23-/m1/s1. The molecule has 2 heterocycles. The molecule has 7 nitrogen and oxygen atoms in total. The van der Waals surface area contributed by atoms with Crippen LogP contribution in [0.25, 0.3) is 5.76 Å².